The van der Waals surface area contributed by atoms with Gasteiger partial charge in [-0.1, -0.05) is 22.9 Å². The van der Waals surface area contributed by atoms with E-state index in [2.05, 4.69) is 55.4 Å². The molecule has 1 unspecified atom stereocenters. The van der Waals surface area contributed by atoms with E-state index in [1.165, 1.54) is 0 Å². The number of rotatable bonds is 3. The molecule has 1 atom stereocenters. The third kappa shape index (κ3) is 3.76. The highest BCUT2D eigenvalue weighted by Crippen LogP contribution is 2.09. The van der Waals surface area contributed by atoms with Gasteiger partial charge in [-0.15, -0.1) is 0 Å². The number of aromatic nitrogens is 2. The zero-order valence-electron chi connectivity index (χ0n) is 7.54. The fourth-order valence-corrected chi connectivity index (χ4v) is 1.67. The molecule has 13 heavy (non-hydrogen) atoms. The molecule has 0 saturated heterocycles. The molecule has 0 aliphatic rings. The Hall–Kier alpha value is 0.0900. The van der Waals surface area contributed by atoms with Crippen LogP contribution in [-0.4, -0.2) is 28.4 Å². The Morgan fingerprint density at radius 3 is 2.54 bits per heavy atom. The second kappa shape index (κ2) is 5.09. The van der Waals surface area contributed by atoms with Gasteiger partial charge in [0.25, 0.3) is 0 Å². The lowest BCUT2D eigenvalue weighted by Crippen LogP contribution is -2.25. The molecule has 1 aromatic rings. The maximum Gasteiger partial charge on any atom is 0.225 e. The third-order valence-corrected chi connectivity index (χ3v) is 2.32. The van der Waals surface area contributed by atoms with Gasteiger partial charge in [0.2, 0.25) is 5.95 Å². The van der Waals surface area contributed by atoms with Crippen LogP contribution in [0.2, 0.25) is 0 Å². The van der Waals surface area contributed by atoms with E-state index in [1.807, 2.05) is 24.3 Å². The van der Waals surface area contributed by atoms with Crippen molar-refractivity contribution in [3.63, 3.8) is 0 Å². The minimum Gasteiger partial charge on any atom is -0.343 e. The summed E-state index contributed by atoms with van der Waals surface area (Å²) in [6.45, 7) is 3.00. The summed E-state index contributed by atoms with van der Waals surface area (Å²) in [7, 11) is 1.99. The fraction of sp³-hybridized carbons (Fsp3) is 0.500. The van der Waals surface area contributed by atoms with Crippen LogP contribution in [0, 0.1) is 3.57 Å². The Morgan fingerprint density at radius 1 is 1.54 bits per heavy atom. The van der Waals surface area contributed by atoms with Crippen molar-refractivity contribution >= 4 is 44.5 Å². The van der Waals surface area contributed by atoms with Gasteiger partial charge in [0.15, 0.2) is 0 Å². The van der Waals surface area contributed by atoms with Gasteiger partial charge in [0.05, 0.1) is 0 Å². The van der Waals surface area contributed by atoms with E-state index in [1.54, 1.807) is 0 Å². The lowest BCUT2D eigenvalue weighted by Gasteiger charge is -2.17. The summed E-state index contributed by atoms with van der Waals surface area (Å²) in [5.74, 6) is 0.770. The minimum absolute atomic E-state index is 0.445. The van der Waals surface area contributed by atoms with E-state index >= 15 is 0 Å². The van der Waals surface area contributed by atoms with Crippen LogP contribution < -0.4 is 4.90 Å². The Balaban J connectivity index is 2.66. The molecule has 0 amide bonds. The van der Waals surface area contributed by atoms with Crippen LogP contribution in [0.3, 0.4) is 0 Å². The van der Waals surface area contributed by atoms with Gasteiger partial charge < -0.3 is 4.90 Å². The Morgan fingerprint density at radius 2 is 2.08 bits per heavy atom. The van der Waals surface area contributed by atoms with Gasteiger partial charge in [0, 0.05) is 34.4 Å². The van der Waals surface area contributed by atoms with Gasteiger partial charge in [-0.05, 0) is 22.6 Å². The SMILES string of the molecule is CC(Br)CN(C)c1ncc(I)cn1. The number of halogens is 2. The van der Waals surface area contributed by atoms with Crippen molar-refractivity contribution in [3.8, 4) is 0 Å². The molecule has 1 heterocycles. The van der Waals surface area contributed by atoms with E-state index in [9.17, 15) is 0 Å². The van der Waals surface area contributed by atoms with Crippen molar-refractivity contribution in [1.29, 1.82) is 0 Å². The first-order chi connectivity index (χ1) is 6.09. The lowest BCUT2D eigenvalue weighted by molar-refractivity contribution is 0.837. The molecule has 0 aromatic carbocycles. The van der Waals surface area contributed by atoms with Crippen molar-refractivity contribution < 1.29 is 0 Å². The van der Waals surface area contributed by atoms with E-state index in [-0.39, 0.29) is 0 Å². The smallest absolute Gasteiger partial charge is 0.225 e. The molecule has 0 radical (unpaired) electrons. The summed E-state index contributed by atoms with van der Waals surface area (Å²) in [6, 6.07) is 0. The van der Waals surface area contributed by atoms with E-state index < -0.39 is 0 Å². The molecule has 0 N–H and O–H groups in total. The van der Waals surface area contributed by atoms with Crippen LogP contribution in [0.4, 0.5) is 5.95 Å². The summed E-state index contributed by atoms with van der Waals surface area (Å²) in [4.78, 5) is 10.9. The van der Waals surface area contributed by atoms with Crippen molar-refractivity contribution in [2.45, 2.75) is 11.8 Å². The van der Waals surface area contributed by atoms with Crippen LogP contribution in [0.15, 0.2) is 12.4 Å². The predicted molar refractivity (Wildman–Crippen MR) is 66.4 cm³/mol. The minimum atomic E-state index is 0.445. The molecule has 3 nitrogen and oxygen atoms in total. The summed E-state index contributed by atoms with van der Waals surface area (Å²) in [6.07, 6.45) is 3.64. The first-order valence-electron chi connectivity index (χ1n) is 3.92. The molecule has 72 valence electrons. The van der Waals surface area contributed by atoms with E-state index in [4.69, 9.17) is 0 Å². The van der Waals surface area contributed by atoms with Crippen molar-refractivity contribution in [1.82, 2.24) is 9.97 Å². The Labute approximate surface area is 100 Å². The number of hydrogen-bond donors (Lipinski definition) is 0. The molecule has 5 heteroatoms. The quantitative estimate of drug-likeness (QED) is 0.615. The third-order valence-electron chi connectivity index (χ3n) is 1.47. The first-order valence-corrected chi connectivity index (χ1v) is 5.92. The monoisotopic (exact) mass is 355 g/mol. The normalized spacial score (nSPS) is 12.6. The highest BCUT2D eigenvalue weighted by atomic mass is 127. The second-order valence-electron chi connectivity index (χ2n) is 2.86. The number of alkyl halides is 1. The van der Waals surface area contributed by atoms with E-state index in [0.29, 0.717) is 4.83 Å². The van der Waals surface area contributed by atoms with E-state index in [0.717, 1.165) is 16.1 Å². The summed E-state index contributed by atoms with van der Waals surface area (Å²) in [5.41, 5.74) is 0. The average molecular weight is 356 g/mol. The second-order valence-corrected chi connectivity index (χ2v) is 5.67. The summed E-state index contributed by atoms with van der Waals surface area (Å²) >= 11 is 5.68. The van der Waals surface area contributed by atoms with Crippen molar-refractivity contribution in [3.05, 3.63) is 16.0 Å². The van der Waals surface area contributed by atoms with Gasteiger partial charge >= 0.3 is 0 Å². The molecule has 0 spiro atoms. The highest BCUT2D eigenvalue weighted by Gasteiger charge is 2.05. The first kappa shape index (κ1) is 11.2. The molecule has 1 aromatic heterocycles. The highest BCUT2D eigenvalue weighted by molar-refractivity contribution is 14.1. The molecule has 0 bridgehead atoms. The predicted octanol–water partition coefficient (Wildman–Crippen LogP) is 2.30. The van der Waals surface area contributed by atoms with Crippen molar-refractivity contribution in [2.75, 3.05) is 18.5 Å². The Kier molecular flexibility index (Phi) is 4.37. The fourth-order valence-electron chi connectivity index (χ4n) is 0.962. The van der Waals surface area contributed by atoms with Gasteiger partial charge in [-0.3, -0.25) is 0 Å². The van der Waals surface area contributed by atoms with Crippen LogP contribution in [-0.2, 0) is 0 Å². The number of hydrogen-bond acceptors (Lipinski definition) is 3. The lowest BCUT2D eigenvalue weighted by atomic mass is 10.4. The molecule has 0 aliphatic heterocycles. The van der Waals surface area contributed by atoms with Crippen LogP contribution in [0.25, 0.3) is 0 Å². The molecule has 0 aliphatic carbocycles. The number of anilines is 1. The molecular formula is C8H11BrIN3. The van der Waals surface area contributed by atoms with Crippen LogP contribution in [0.5, 0.6) is 0 Å². The summed E-state index contributed by atoms with van der Waals surface area (Å²) < 4.78 is 1.06. The molecule has 0 fully saturated rings. The largest absolute Gasteiger partial charge is 0.343 e. The van der Waals surface area contributed by atoms with Crippen LogP contribution >= 0.6 is 38.5 Å². The molecular weight excluding hydrogens is 345 g/mol. The van der Waals surface area contributed by atoms with Crippen LogP contribution in [0.1, 0.15) is 6.92 Å². The van der Waals surface area contributed by atoms with Crippen molar-refractivity contribution in [2.24, 2.45) is 0 Å². The maximum absolute atomic E-state index is 4.22. The summed E-state index contributed by atoms with van der Waals surface area (Å²) in [5, 5.41) is 0. The zero-order chi connectivity index (χ0) is 9.84. The standard InChI is InChI=1S/C8H11BrIN3/c1-6(9)5-13(2)8-11-3-7(10)4-12-8/h3-4,6H,5H2,1-2H3. The number of nitrogens with zero attached hydrogens (tertiary/aromatic N) is 3. The molecule has 0 saturated carbocycles. The molecule has 1 rings (SSSR count). The van der Waals surface area contributed by atoms with Gasteiger partial charge in [0.1, 0.15) is 0 Å². The Bertz CT molecular complexity index is 263. The average Bonchev–Trinajstić information content (AvgIpc) is 2.04. The maximum atomic E-state index is 4.22. The topological polar surface area (TPSA) is 29.0 Å². The van der Waals surface area contributed by atoms with Gasteiger partial charge in [-0.2, -0.15) is 0 Å². The zero-order valence-corrected chi connectivity index (χ0v) is 11.3. The van der Waals surface area contributed by atoms with Gasteiger partial charge in [-0.25, -0.2) is 9.97 Å².